The fraction of sp³-hybridized carbons (Fsp3) is 0.143. The molecule has 0 saturated heterocycles. The zero-order valence-corrected chi connectivity index (χ0v) is 9.78. The van der Waals surface area contributed by atoms with Crippen LogP contribution in [0.5, 0.6) is 11.5 Å². The molecule has 0 amide bonds. The Balaban J connectivity index is 2.40. The Morgan fingerprint density at radius 1 is 1.06 bits per heavy atom. The van der Waals surface area contributed by atoms with E-state index in [1.807, 2.05) is 0 Å². The molecule has 0 aromatic heterocycles. The first-order valence-corrected chi connectivity index (χ1v) is 5.44. The molecule has 0 atom stereocenters. The van der Waals surface area contributed by atoms with Crippen molar-refractivity contribution in [1.82, 2.24) is 0 Å². The van der Waals surface area contributed by atoms with E-state index in [9.17, 15) is 8.78 Å². The molecule has 2 aromatic rings. The normalized spacial score (nSPS) is 10.4. The number of hydrogen-bond acceptors (Lipinski definition) is 2. The second kappa shape index (κ2) is 5.14. The van der Waals surface area contributed by atoms with Crippen LogP contribution in [0.2, 0.25) is 0 Å². The van der Waals surface area contributed by atoms with Gasteiger partial charge in [-0.2, -0.15) is 0 Å². The molecule has 0 aliphatic rings. The zero-order chi connectivity index (χ0) is 13.1. The average Bonchev–Trinajstić information content (AvgIpc) is 2.35. The van der Waals surface area contributed by atoms with Crippen LogP contribution in [0.15, 0.2) is 36.4 Å². The van der Waals surface area contributed by atoms with Gasteiger partial charge in [0.25, 0.3) is 0 Å². The van der Waals surface area contributed by atoms with Crippen molar-refractivity contribution in [3.8, 4) is 11.5 Å². The van der Waals surface area contributed by atoms with Gasteiger partial charge in [0.05, 0.1) is 12.2 Å². The summed E-state index contributed by atoms with van der Waals surface area (Å²) < 4.78 is 32.5. The average molecular weight is 250 g/mol. The van der Waals surface area contributed by atoms with Crippen LogP contribution in [-0.4, -0.2) is 5.11 Å². The van der Waals surface area contributed by atoms with Crippen molar-refractivity contribution in [2.45, 2.75) is 13.5 Å². The van der Waals surface area contributed by atoms with Gasteiger partial charge in [-0.1, -0.05) is 18.2 Å². The first-order chi connectivity index (χ1) is 8.63. The minimum atomic E-state index is -0.580. The maximum Gasteiger partial charge on any atom is 0.168 e. The summed E-state index contributed by atoms with van der Waals surface area (Å²) in [5, 5.41) is 9.09. The Kier molecular flexibility index (Phi) is 3.58. The van der Waals surface area contributed by atoms with Crippen molar-refractivity contribution < 1.29 is 18.6 Å². The lowest BCUT2D eigenvalue weighted by molar-refractivity contribution is 0.269. The van der Waals surface area contributed by atoms with Crippen LogP contribution in [-0.2, 0) is 6.61 Å². The van der Waals surface area contributed by atoms with Gasteiger partial charge >= 0.3 is 0 Å². The van der Waals surface area contributed by atoms with Gasteiger partial charge in [-0.25, -0.2) is 8.78 Å². The maximum absolute atomic E-state index is 13.7. The van der Waals surface area contributed by atoms with E-state index in [1.165, 1.54) is 24.3 Å². The Morgan fingerprint density at radius 2 is 1.72 bits per heavy atom. The highest BCUT2D eigenvalue weighted by molar-refractivity contribution is 5.40. The fourth-order valence-electron chi connectivity index (χ4n) is 1.61. The van der Waals surface area contributed by atoms with Crippen LogP contribution in [0.4, 0.5) is 8.78 Å². The number of aliphatic hydroxyl groups is 1. The molecule has 0 bridgehead atoms. The van der Waals surface area contributed by atoms with E-state index in [0.717, 1.165) is 0 Å². The minimum Gasteiger partial charge on any atom is -0.454 e. The molecule has 2 aromatic carbocycles. The molecule has 0 spiro atoms. The van der Waals surface area contributed by atoms with E-state index >= 15 is 0 Å². The van der Waals surface area contributed by atoms with Crippen LogP contribution in [0, 0.1) is 18.6 Å². The van der Waals surface area contributed by atoms with Crippen LogP contribution in [0.3, 0.4) is 0 Å². The predicted molar refractivity (Wildman–Crippen MR) is 63.5 cm³/mol. The van der Waals surface area contributed by atoms with Gasteiger partial charge in [0.2, 0.25) is 0 Å². The SMILES string of the molecule is Cc1cccc(Oc2cccc(F)c2CO)c1F. The van der Waals surface area contributed by atoms with Crippen molar-refractivity contribution in [2.75, 3.05) is 0 Å². The number of aryl methyl sites for hydroxylation is 1. The molecular formula is C14H12F2O2. The van der Waals surface area contributed by atoms with Crippen molar-refractivity contribution in [1.29, 1.82) is 0 Å². The highest BCUT2D eigenvalue weighted by Gasteiger charge is 2.12. The summed E-state index contributed by atoms with van der Waals surface area (Å²) >= 11 is 0. The highest BCUT2D eigenvalue weighted by atomic mass is 19.1. The number of ether oxygens (including phenoxy) is 1. The smallest absolute Gasteiger partial charge is 0.168 e. The third kappa shape index (κ3) is 2.33. The van der Waals surface area contributed by atoms with E-state index in [-0.39, 0.29) is 17.1 Å². The Bertz CT molecular complexity index is 568. The molecule has 0 aliphatic carbocycles. The number of hydrogen-bond donors (Lipinski definition) is 1. The molecule has 2 nitrogen and oxygen atoms in total. The highest BCUT2D eigenvalue weighted by Crippen LogP contribution is 2.29. The second-order valence-electron chi connectivity index (χ2n) is 3.86. The minimum absolute atomic E-state index is 0.00954. The Hall–Kier alpha value is -1.94. The third-order valence-electron chi connectivity index (χ3n) is 2.61. The molecule has 1 N–H and O–H groups in total. The summed E-state index contributed by atoms with van der Waals surface area (Å²) in [5.41, 5.74) is 0.452. The number of rotatable bonds is 3. The first-order valence-electron chi connectivity index (χ1n) is 5.44. The van der Waals surface area contributed by atoms with Gasteiger partial charge in [-0.3, -0.25) is 0 Å². The van der Waals surface area contributed by atoms with Crippen molar-refractivity contribution >= 4 is 0 Å². The zero-order valence-electron chi connectivity index (χ0n) is 9.78. The van der Waals surface area contributed by atoms with E-state index in [2.05, 4.69) is 0 Å². The van der Waals surface area contributed by atoms with Crippen LogP contribution >= 0.6 is 0 Å². The first kappa shape index (κ1) is 12.5. The van der Waals surface area contributed by atoms with E-state index in [4.69, 9.17) is 9.84 Å². The molecule has 4 heteroatoms. The molecular weight excluding hydrogens is 238 g/mol. The number of halogens is 2. The molecule has 0 saturated carbocycles. The fourth-order valence-corrected chi connectivity index (χ4v) is 1.61. The number of benzene rings is 2. The van der Waals surface area contributed by atoms with Gasteiger partial charge in [-0.15, -0.1) is 0 Å². The molecule has 94 valence electrons. The van der Waals surface area contributed by atoms with Gasteiger partial charge in [0, 0.05) is 0 Å². The van der Waals surface area contributed by atoms with Crippen LogP contribution in [0.1, 0.15) is 11.1 Å². The molecule has 0 fully saturated rings. The lowest BCUT2D eigenvalue weighted by atomic mass is 10.2. The molecule has 18 heavy (non-hydrogen) atoms. The molecule has 2 rings (SSSR count). The number of aliphatic hydroxyl groups excluding tert-OH is 1. The summed E-state index contributed by atoms with van der Waals surface area (Å²) in [6, 6.07) is 8.85. The van der Waals surface area contributed by atoms with Gasteiger partial charge in [-0.05, 0) is 30.7 Å². The molecule has 0 heterocycles. The molecule has 0 unspecified atom stereocenters. The summed E-state index contributed by atoms with van der Waals surface area (Å²) in [6.07, 6.45) is 0. The summed E-state index contributed by atoms with van der Waals surface area (Å²) in [5.74, 6) is -0.953. The second-order valence-corrected chi connectivity index (χ2v) is 3.86. The topological polar surface area (TPSA) is 29.5 Å². The Morgan fingerprint density at radius 3 is 2.44 bits per heavy atom. The largest absolute Gasteiger partial charge is 0.454 e. The van der Waals surface area contributed by atoms with Crippen LogP contribution < -0.4 is 4.74 Å². The monoisotopic (exact) mass is 250 g/mol. The van der Waals surface area contributed by atoms with Gasteiger partial charge in [0.15, 0.2) is 11.6 Å². The molecule has 0 aliphatic heterocycles. The van der Waals surface area contributed by atoms with Gasteiger partial charge < -0.3 is 9.84 Å². The van der Waals surface area contributed by atoms with Gasteiger partial charge in [0.1, 0.15) is 11.6 Å². The molecule has 0 radical (unpaired) electrons. The van der Waals surface area contributed by atoms with E-state index in [1.54, 1.807) is 19.1 Å². The lowest BCUT2D eigenvalue weighted by Crippen LogP contribution is -1.97. The van der Waals surface area contributed by atoms with Crippen molar-refractivity contribution in [2.24, 2.45) is 0 Å². The Labute approximate surface area is 103 Å². The quantitative estimate of drug-likeness (QED) is 0.902. The third-order valence-corrected chi connectivity index (χ3v) is 2.61. The van der Waals surface area contributed by atoms with Crippen LogP contribution in [0.25, 0.3) is 0 Å². The maximum atomic E-state index is 13.7. The lowest BCUT2D eigenvalue weighted by Gasteiger charge is -2.11. The van der Waals surface area contributed by atoms with E-state index in [0.29, 0.717) is 5.56 Å². The summed E-state index contributed by atoms with van der Waals surface area (Å²) in [7, 11) is 0. The summed E-state index contributed by atoms with van der Waals surface area (Å²) in [4.78, 5) is 0. The predicted octanol–water partition coefficient (Wildman–Crippen LogP) is 3.56. The van der Waals surface area contributed by atoms with E-state index < -0.39 is 18.2 Å². The van der Waals surface area contributed by atoms with Crippen molar-refractivity contribution in [3.05, 3.63) is 59.2 Å². The summed E-state index contributed by atoms with van der Waals surface area (Å²) in [6.45, 7) is 1.11. The van der Waals surface area contributed by atoms with Crippen molar-refractivity contribution in [3.63, 3.8) is 0 Å². The standard InChI is InChI=1S/C14H12F2O2/c1-9-4-2-7-13(14(9)16)18-12-6-3-5-11(15)10(12)8-17/h2-7,17H,8H2,1H3.